The second-order valence-corrected chi connectivity index (χ2v) is 8.03. The quantitative estimate of drug-likeness (QED) is 0.716. The molecule has 1 heterocycles. The lowest BCUT2D eigenvalue weighted by Crippen LogP contribution is -2.32. The highest BCUT2D eigenvalue weighted by Gasteiger charge is 2.51. The molecule has 2 saturated carbocycles. The van der Waals surface area contributed by atoms with Crippen molar-refractivity contribution in [2.45, 2.75) is 58.7 Å². The summed E-state index contributed by atoms with van der Waals surface area (Å²) >= 11 is 1.61. The van der Waals surface area contributed by atoms with E-state index in [0.717, 1.165) is 31.2 Å². The second-order valence-electron chi connectivity index (χ2n) is 7.25. The van der Waals surface area contributed by atoms with Gasteiger partial charge in [0, 0.05) is 5.56 Å². The van der Waals surface area contributed by atoms with Crippen LogP contribution < -0.4 is 0 Å². The molecule has 6 unspecified atom stereocenters. The predicted octanol–water partition coefficient (Wildman–Crippen LogP) is 4.36. The van der Waals surface area contributed by atoms with Crippen molar-refractivity contribution in [1.82, 2.24) is 0 Å². The van der Waals surface area contributed by atoms with Gasteiger partial charge in [-0.1, -0.05) is 13.8 Å². The number of carbonyl (C=O) groups excluding carboxylic acids is 2. The maximum atomic E-state index is 12.5. The molecule has 1 aromatic heterocycles. The first kappa shape index (κ1) is 17.5. The molecule has 0 amide bonds. The van der Waals surface area contributed by atoms with Crippen LogP contribution in [-0.4, -0.2) is 18.0 Å². The molecule has 2 aliphatic carbocycles. The van der Waals surface area contributed by atoms with Gasteiger partial charge in [0.2, 0.25) is 0 Å². The number of carbonyl (C=O) groups is 2. The molecule has 0 radical (unpaired) electrons. The summed E-state index contributed by atoms with van der Waals surface area (Å²) in [7, 11) is 0. The first-order chi connectivity index (χ1) is 11.5. The van der Waals surface area contributed by atoms with Gasteiger partial charge in [-0.2, -0.15) is 11.3 Å². The summed E-state index contributed by atoms with van der Waals surface area (Å²) in [6.07, 6.45) is 3.18. The highest BCUT2D eigenvalue weighted by molar-refractivity contribution is 7.07. The minimum absolute atomic E-state index is 0.00477. The van der Waals surface area contributed by atoms with Crippen molar-refractivity contribution in [3.63, 3.8) is 0 Å². The van der Waals surface area contributed by atoms with E-state index in [4.69, 9.17) is 9.47 Å². The standard InChI is InChI=1S/C19H26O4S/c1-4-11(2)18(20)23-17-9-14-7-15(17)8-16(14)19(21)22-12(3)13-5-6-24-10-13/h5-6,10-12,14-17H,4,7-9H2,1-3H3. The maximum Gasteiger partial charge on any atom is 0.309 e. The normalized spacial score (nSPS) is 30.8. The molecule has 2 fully saturated rings. The van der Waals surface area contributed by atoms with Crippen LogP contribution in [0.5, 0.6) is 0 Å². The lowest BCUT2D eigenvalue weighted by atomic mass is 9.87. The topological polar surface area (TPSA) is 52.6 Å². The van der Waals surface area contributed by atoms with Crippen LogP contribution in [0, 0.1) is 23.7 Å². The van der Waals surface area contributed by atoms with E-state index < -0.39 is 0 Å². The number of hydrogen-bond acceptors (Lipinski definition) is 5. The van der Waals surface area contributed by atoms with E-state index in [-0.39, 0.29) is 36.0 Å². The summed E-state index contributed by atoms with van der Waals surface area (Å²) in [5.74, 6) is 0.350. The SMILES string of the molecule is CCC(C)C(=O)OC1CC2CC1CC2C(=O)OC(C)c1ccsc1. The van der Waals surface area contributed by atoms with Gasteiger partial charge in [0.25, 0.3) is 0 Å². The third-order valence-electron chi connectivity index (χ3n) is 5.68. The van der Waals surface area contributed by atoms with Crippen LogP contribution in [-0.2, 0) is 19.1 Å². The molecule has 0 saturated heterocycles. The first-order valence-corrected chi connectivity index (χ1v) is 9.87. The first-order valence-electron chi connectivity index (χ1n) is 8.92. The Kier molecular flexibility index (Phi) is 5.28. The van der Waals surface area contributed by atoms with Gasteiger partial charge in [-0.15, -0.1) is 0 Å². The molecular formula is C19H26O4S. The molecule has 2 aliphatic rings. The van der Waals surface area contributed by atoms with E-state index in [1.165, 1.54) is 0 Å². The molecule has 3 rings (SSSR count). The third-order valence-corrected chi connectivity index (χ3v) is 6.38. The average molecular weight is 350 g/mol. The van der Waals surface area contributed by atoms with Gasteiger partial charge >= 0.3 is 11.9 Å². The molecule has 132 valence electrons. The van der Waals surface area contributed by atoms with Gasteiger partial charge in [-0.25, -0.2) is 0 Å². The van der Waals surface area contributed by atoms with Crippen molar-refractivity contribution in [2.75, 3.05) is 0 Å². The van der Waals surface area contributed by atoms with Gasteiger partial charge in [-0.05, 0) is 61.3 Å². The van der Waals surface area contributed by atoms with Crippen molar-refractivity contribution in [3.05, 3.63) is 22.4 Å². The predicted molar refractivity (Wildman–Crippen MR) is 92.5 cm³/mol. The van der Waals surface area contributed by atoms with Crippen LogP contribution >= 0.6 is 11.3 Å². The molecule has 0 N–H and O–H groups in total. The number of hydrogen-bond donors (Lipinski definition) is 0. The molecule has 0 spiro atoms. The van der Waals surface area contributed by atoms with E-state index in [1.54, 1.807) is 11.3 Å². The molecule has 6 atom stereocenters. The van der Waals surface area contributed by atoms with Gasteiger partial charge in [0.1, 0.15) is 12.2 Å². The van der Waals surface area contributed by atoms with E-state index >= 15 is 0 Å². The van der Waals surface area contributed by atoms with Gasteiger partial charge in [-0.3, -0.25) is 9.59 Å². The van der Waals surface area contributed by atoms with E-state index in [1.807, 2.05) is 37.6 Å². The van der Waals surface area contributed by atoms with E-state index in [9.17, 15) is 9.59 Å². The van der Waals surface area contributed by atoms with Crippen molar-refractivity contribution in [1.29, 1.82) is 0 Å². The summed E-state index contributed by atoms with van der Waals surface area (Å²) in [5, 5.41) is 4.01. The smallest absolute Gasteiger partial charge is 0.309 e. The summed E-state index contributed by atoms with van der Waals surface area (Å²) in [4.78, 5) is 24.5. The zero-order valence-corrected chi connectivity index (χ0v) is 15.4. The summed E-state index contributed by atoms with van der Waals surface area (Å²) in [5.41, 5.74) is 1.05. The van der Waals surface area contributed by atoms with Crippen LogP contribution in [0.2, 0.25) is 0 Å². The summed E-state index contributed by atoms with van der Waals surface area (Å²) in [6.45, 7) is 5.82. The third kappa shape index (κ3) is 3.51. The van der Waals surface area contributed by atoms with Crippen LogP contribution in [0.1, 0.15) is 58.1 Å². The van der Waals surface area contributed by atoms with Crippen LogP contribution in [0.4, 0.5) is 0 Å². The van der Waals surface area contributed by atoms with Crippen molar-refractivity contribution < 1.29 is 19.1 Å². The molecule has 2 bridgehead atoms. The maximum absolute atomic E-state index is 12.5. The Bertz CT molecular complexity index is 582. The van der Waals surface area contributed by atoms with Crippen molar-refractivity contribution >= 4 is 23.3 Å². The molecule has 4 nitrogen and oxygen atoms in total. The fourth-order valence-corrected chi connectivity index (χ4v) is 4.67. The van der Waals surface area contributed by atoms with Crippen LogP contribution in [0.3, 0.4) is 0 Å². The highest BCUT2D eigenvalue weighted by atomic mass is 32.1. The number of ether oxygens (including phenoxy) is 2. The molecule has 1 aromatic rings. The second kappa shape index (κ2) is 7.26. The van der Waals surface area contributed by atoms with Crippen molar-refractivity contribution in [3.8, 4) is 0 Å². The fourth-order valence-electron chi connectivity index (χ4n) is 3.92. The largest absolute Gasteiger partial charge is 0.462 e. The monoisotopic (exact) mass is 350 g/mol. The zero-order valence-electron chi connectivity index (χ0n) is 14.6. The summed E-state index contributed by atoms with van der Waals surface area (Å²) < 4.78 is 11.3. The molecule has 0 aliphatic heterocycles. The fraction of sp³-hybridized carbons (Fsp3) is 0.684. The number of thiophene rings is 1. The lowest BCUT2D eigenvalue weighted by molar-refractivity contribution is -0.160. The Morgan fingerprint density at radius 2 is 2.04 bits per heavy atom. The van der Waals surface area contributed by atoms with Crippen LogP contribution in [0.25, 0.3) is 0 Å². The van der Waals surface area contributed by atoms with E-state index in [2.05, 4.69) is 0 Å². The Morgan fingerprint density at radius 1 is 1.25 bits per heavy atom. The van der Waals surface area contributed by atoms with Gasteiger partial charge < -0.3 is 9.47 Å². The molecule has 0 aromatic carbocycles. The van der Waals surface area contributed by atoms with Crippen LogP contribution in [0.15, 0.2) is 16.8 Å². The minimum atomic E-state index is -0.193. The van der Waals surface area contributed by atoms with E-state index in [0.29, 0.717) is 11.8 Å². The lowest BCUT2D eigenvalue weighted by Gasteiger charge is -2.28. The highest BCUT2D eigenvalue weighted by Crippen LogP contribution is 2.50. The van der Waals surface area contributed by atoms with Gasteiger partial charge in [0.15, 0.2) is 0 Å². The molecule has 5 heteroatoms. The Labute approximate surface area is 147 Å². The Balaban J connectivity index is 1.51. The summed E-state index contributed by atoms with van der Waals surface area (Å²) in [6, 6.07) is 1.99. The Hall–Kier alpha value is -1.36. The average Bonchev–Trinajstić information content (AvgIpc) is 3.29. The Morgan fingerprint density at radius 3 is 2.62 bits per heavy atom. The number of rotatable bonds is 6. The zero-order chi connectivity index (χ0) is 17.3. The number of esters is 2. The van der Waals surface area contributed by atoms with Crippen molar-refractivity contribution in [2.24, 2.45) is 23.7 Å². The molecular weight excluding hydrogens is 324 g/mol. The molecule has 24 heavy (non-hydrogen) atoms. The van der Waals surface area contributed by atoms with Gasteiger partial charge in [0.05, 0.1) is 11.8 Å². The minimum Gasteiger partial charge on any atom is -0.462 e. The number of fused-ring (bicyclic) bond motifs is 2.